The van der Waals surface area contributed by atoms with E-state index in [1.165, 1.54) is 6.07 Å². The molecule has 0 saturated heterocycles. The first-order valence-electron chi connectivity index (χ1n) is 5.27. The van der Waals surface area contributed by atoms with Crippen LogP contribution < -0.4 is 0 Å². The molecule has 0 bridgehead atoms. The molecule has 88 valence electrons. The van der Waals surface area contributed by atoms with Gasteiger partial charge in [-0.05, 0) is 24.6 Å². The van der Waals surface area contributed by atoms with Crippen molar-refractivity contribution in [2.24, 2.45) is 0 Å². The Kier molecular flexibility index (Phi) is 3.60. The second-order valence-electron chi connectivity index (χ2n) is 3.98. The molecule has 0 saturated carbocycles. The van der Waals surface area contributed by atoms with Crippen LogP contribution in [0.2, 0.25) is 0 Å². The Morgan fingerprint density at radius 2 is 1.76 bits per heavy atom. The normalized spacial score (nSPS) is 12.5. The fourth-order valence-corrected chi connectivity index (χ4v) is 1.98. The summed E-state index contributed by atoms with van der Waals surface area (Å²) in [5.41, 5.74) is 2.09. The highest BCUT2D eigenvalue weighted by Gasteiger charge is 2.14. The summed E-state index contributed by atoms with van der Waals surface area (Å²) in [6.45, 7) is 1.97. The van der Waals surface area contributed by atoms with Crippen LogP contribution in [0.25, 0.3) is 0 Å². The molecule has 0 amide bonds. The van der Waals surface area contributed by atoms with Crippen molar-refractivity contribution in [2.45, 2.75) is 13.0 Å². The van der Waals surface area contributed by atoms with Gasteiger partial charge in [0.2, 0.25) is 0 Å². The first-order valence-corrected chi connectivity index (χ1v) is 6.07. The standard InChI is InChI=1S/C14H12BrFO/c1-9-2-4-10(5-3-9)14(17)12-7-6-11(15)8-13(12)16/h2-8,14,17H,1H3. The molecule has 2 aromatic carbocycles. The zero-order valence-electron chi connectivity index (χ0n) is 9.32. The molecule has 2 rings (SSSR count). The van der Waals surface area contributed by atoms with E-state index in [9.17, 15) is 9.50 Å². The third-order valence-electron chi connectivity index (χ3n) is 2.65. The number of benzene rings is 2. The average Bonchev–Trinajstić information content (AvgIpc) is 2.29. The van der Waals surface area contributed by atoms with Gasteiger partial charge in [0, 0.05) is 10.0 Å². The van der Waals surface area contributed by atoms with E-state index in [2.05, 4.69) is 15.9 Å². The van der Waals surface area contributed by atoms with Crippen molar-refractivity contribution >= 4 is 15.9 Å². The fraction of sp³-hybridized carbons (Fsp3) is 0.143. The Morgan fingerprint density at radius 3 is 2.35 bits per heavy atom. The van der Waals surface area contributed by atoms with Crippen molar-refractivity contribution in [3.63, 3.8) is 0 Å². The predicted molar refractivity (Wildman–Crippen MR) is 69.3 cm³/mol. The van der Waals surface area contributed by atoms with E-state index in [-0.39, 0.29) is 5.56 Å². The van der Waals surface area contributed by atoms with Gasteiger partial charge in [-0.1, -0.05) is 51.8 Å². The summed E-state index contributed by atoms with van der Waals surface area (Å²) in [6.07, 6.45) is -0.927. The van der Waals surface area contributed by atoms with Gasteiger partial charge in [-0.25, -0.2) is 4.39 Å². The number of aliphatic hydroxyl groups is 1. The molecule has 17 heavy (non-hydrogen) atoms. The number of hydrogen-bond acceptors (Lipinski definition) is 1. The molecular formula is C14H12BrFO. The number of aliphatic hydroxyl groups excluding tert-OH is 1. The lowest BCUT2D eigenvalue weighted by Gasteiger charge is -2.12. The maximum absolute atomic E-state index is 13.7. The summed E-state index contributed by atoms with van der Waals surface area (Å²) in [5.74, 6) is -0.410. The number of hydrogen-bond donors (Lipinski definition) is 1. The van der Waals surface area contributed by atoms with E-state index in [1.807, 2.05) is 31.2 Å². The Bertz CT molecular complexity index is 522. The minimum atomic E-state index is -0.927. The van der Waals surface area contributed by atoms with Crippen LogP contribution in [0.5, 0.6) is 0 Å². The van der Waals surface area contributed by atoms with Crippen LogP contribution in [-0.4, -0.2) is 5.11 Å². The largest absolute Gasteiger partial charge is 0.384 e. The minimum absolute atomic E-state index is 0.289. The molecule has 0 spiro atoms. The van der Waals surface area contributed by atoms with Crippen LogP contribution in [0.3, 0.4) is 0 Å². The molecule has 2 aromatic rings. The summed E-state index contributed by atoms with van der Waals surface area (Å²) < 4.78 is 14.3. The Labute approximate surface area is 108 Å². The van der Waals surface area contributed by atoms with Gasteiger partial charge in [0.05, 0.1) is 0 Å². The molecule has 1 N–H and O–H groups in total. The van der Waals surface area contributed by atoms with E-state index in [1.54, 1.807) is 12.1 Å². The van der Waals surface area contributed by atoms with E-state index in [0.29, 0.717) is 10.0 Å². The SMILES string of the molecule is Cc1ccc(C(O)c2ccc(Br)cc2F)cc1. The third kappa shape index (κ3) is 2.73. The summed E-state index contributed by atoms with van der Waals surface area (Å²) in [6, 6.07) is 12.1. The van der Waals surface area contributed by atoms with Gasteiger partial charge in [-0.15, -0.1) is 0 Å². The van der Waals surface area contributed by atoms with Gasteiger partial charge in [0.15, 0.2) is 0 Å². The summed E-state index contributed by atoms with van der Waals surface area (Å²) in [4.78, 5) is 0. The highest BCUT2D eigenvalue weighted by Crippen LogP contribution is 2.26. The van der Waals surface area contributed by atoms with Gasteiger partial charge in [0.25, 0.3) is 0 Å². The molecule has 1 nitrogen and oxygen atoms in total. The summed E-state index contributed by atoms with van der Waals surface area (Å²) in [7, 11) is 0. The molecule has 0 radical (unpaired) electrons. The fourth-order valence-electron chi connectivity index (χ4n) is 1.65. The molecule has 0 heterocycles. The third-order valence-corrected chi connectivity index (χ3v) is 3.14. The van der Waals surface area contributed by atoms with Crippen molar-refractivity contribution < 1.29 is 9.50 Å². The van der Waals surface area contributed by atoms with E-state index in [4.69, 9.17) is 0 Å². The lowest BCUT2D eigenvalue weighted by atomic mass is 10.0. The first-order chi connectivity index (χ1) is 8.08. The molecule has 1 atom stereocenters. The quantitative estimate of drug-likeness (QED) is 0.888. The molecule has 0 aliphatic carbocycles. The molecule has 0 aliphatic heterocycles. The lowest BCUT2D eigenvalue weighted by Crippen LogP contribution is -2.02. The van der Waals surface area contributed by atoms with Gasteiger partial charge in [-0.3, -0.25) is 0 Å². The summed E-state index contributed by atoms with van der Waals surface area (Å²) >= 11 is 3.19. The number of aryl methyl sites for hydroxylation is 1. The molecule has 0 aromatic heterocycles. The van der Waals surface area contributed by atoms with Gasteiger partial charge in [-0.2, -0.15) is 0 Å². The van der Waals surface area contributed by atoms with Gasteiger partial charge in [0.1, 0.15) is 11.9 Å². The maximum atomic E-state index is 13.7. The smallest absolute Gasteiger partial charge is 0.130 e. The van der Waals surface area contributed by atoms with Crippen LogP contribution in [-0.2, 0) is 0 Å². The lowest BCUT2D eigenvalue weighted by molar-refractivity contribution is 0.215. The van der Waals surface area contributed by atoms with Crippen LogP contribution >= 0.6 is 15.9 Å². The number of halogens is 2. The zero-order chi connectivity index (χ0) is 12.4. The van der Waals surface area contributed by atoms with Crippen LogP contribution in [0.1, 0.15) is 22.8 Å². The van der Waals surface area contributed by atoms with E-state index >= 15 is 0 Å². The molecule has 0 aliphatic rings. The number of rotatable bonds is 2. The molecule has 3 heteroatoms. The van der Waals surface area contributed by atoms with Crippen molar-refractivity contribution in [1.29, 1.82) is 0 Å². The van der Waals surface area contributed by atoms with Crippen molar-refractivity contribution in [2.75, 3.05) is 0 Å². The zero-order valence-corrected chi connectivity index (χ0v) is 10.9. The van der Waals surface area contributed by atoms with Gasteiger partial charge >= 0.3 is 0 Å². The highest BCUT2D eigenvalue weighted by atomic mass is 79.9. The monoisotopic (exact) mass is 294 g/mol. The maximum Gasteiger partial charge on any atom is 0.130 e. The highest BCUT2D eigenvalue weighted by molar-refractivity contribution is 9.10. The van der Waals surface area contributed by atoms with E-state index in [0.717, 1.165) is 5.56 Å². The topological polar surface area (TPSA) is 20.2 Å². The molecular weight excluding hydrogens is 283 g/mol. The van der Waals surface area contributed by atoms with Crippen molar-refractivity contribution in [3.8, 4) is 0 Å². The van der Waals surface area contributed by atoms with E-state index < -0.39 is 11.9 Å². The Balaban J connectivity index is 2.36. The van der Waals surface area contributed by atoms with Crippen molar-refractivity contribution in [1.82, 2.24) is 0 Å². The predicted octanol–water partition coefficient (Wildman–Crippen LogP) is 3.98. The van der Waals surface area contributed by atoms with Crippen LogP contribution in [0.4, 0.5) is 4.39 Å². The second kappa shape index (κ2) is 4.98. The van der Waals surface area contributed by atoms with Crippen molar-refractivity contribution in [3.05, 3.63) is 69.4 Å². The van der Waals surface area contributed by atoms with Crippen LogP contribution in [0, 0.1) is 12.7 Å². The first kappa shape index (κ1) is 12.3. The summed E-state index contributed by atoms with van der Waals surface area (Å²) in [5, 5.41) is 10.1. The molecule has 1 unspecified atom stereocenters. The molecule has 0 fully saturated rings. The minimum Gasteiger partial charge on any atom is -0.384 e. The van der Waals surface area contributed by atoms with Crippen LogP contribution in [0.15, 0.2) is 46.9 Å². The van der Waals surface area contributed by atoms with Gasteiger partial charge < -0.3 is 5.11 Å². The average molecular weight is 295 g/mol. The Morgan fingerprint density at radius 1 is 1.12 bits per heavy atom. The second-order valence-corrected chi connectivity index (χ2v) is 4.89. The Hall–Kier alpha value is -1.19.